The van der Waals surface area contributed by atoms with Gasteiger partial charge in [0, 0.05) is 6.08 Å². The van der Waals surface area contributed by atoms with Crippen molar-refractivity contribution in [1.82, 2.24) is 0 Å². The average Bonchev–Trinajstić information content (AvgIpc) is 2.92. The first-order valence-electron chi connectivity index (χ1n) is 17.3. The van der Waals surface area contributed by atoms with Crippen LogP contribution in [0.15, 0.2) is 24.5 Å². The molecule has 224 valence electrons. The maximum atomic E-state index is 11.8. The first kappa shape index (κ1) is 37.0. The second-order valence-electron chi connectivity index (χ2n) is 11.6. The summed E-state index contributed by atoms with van der Waals surface area (Å²) in [5, 5.41) is 0. The van der Waals surface area contributed by atoms with Crippen molar-refractivity contribution in [2.24, 2.45) is 0 Å². The third-order valence-electron chi connectivity index (χ3n) is 7.73. The van der Waals surface area contributed by atoms with Crippen LogP contribution in [-0.4, -0.2) is 5.97 Å². The SMILES string of the molecule is CCCCCCCCCCCCCCC/C=C/C(=O)O/C=C/CCCCCCCCCCCCCCCC. The van der Waals surface area contributed by atoms with Gasteiger partial charge >= 0.3 is 5.97 Å². The average molecular weight is 533 g/mol. The molecule has 0 radical (unpaired) electrons. The highest BCUT2D eigenvalue weighted by molar-refractivity contribution is 5.82. The van der Waals surface area contributed by atoms with Crippen LogP contribution in [-0.2, 0) is 9.53 Å². The Morgan fingerprint density at radius 1 is 0.421 bits per heavy atom. The topological polar surface area (TPSA) is 26.3 Å². The van der Waals surface area contributed by atoms with Crippen molar-refractivity contribution in [2.75, 3.05) is 0 Å². The molecule has 0 heterocycles. The van der Waals surface area contributed by atoms with Gasteiger partial charge in [0.05, 0.1) is 6.26 Å². The first-order chi connectivity index (χ1) is 18.8. The number of ether oxygens (including phenoxy) is 1. The molecule has 0 aliphatic heterocycles. The molecule has 0 atom stereocenters. The summed E-state index contributed by atoms with van der Waals surface area (Å²) in [6, 6.07) is 0. The fourth-order valence-corrected chi connectivity index (χ4v) is 5.14. The van der Waals surface area contributed by atoms with Gasteiger partial charge in [0.2, 0.25) is 0 Å². The van der Waals surface area contributed by atoms with E-state index in [4.69, 9.17) is 4.74 Å². The maximum Gasteiger partial charge on any atom is 0.335 e. The predicted octanol–water partition coefficient (Wildman–Crippen LogP) is 13.0. The molecule has 0 N–H and O–H groups in total. The number of esters is 1. The zero-order valence-corrected chi connectivity index (χ0v) is 26.1. The highest BCUT2D eigenvalue weighted by Gasteiger charge is 1.96. The third-order valence-corrected chi connectivity index (χ3v) is 7.73. The molecular formula is C36H68O2. The Hall–Kier alpha value is -1.05. The lowest BCUT2D eigenvalue weighted by Gasteiger charge is -2.02. The zero-order chi connectivity index (χ0) is 27.6. The molecule has 2 heteroatoms. The first-order valence-corrected chi connectivity index (χ1v) is 17.3. The van der Waals surface area contributed by atoms with E-state index in [1.54, 1.807) is 12.3 Å². The van der Waals surface area contributed by atoms with E-state index in [1.165, 1.54) is 173 Å². The molecule has 0 aromatic carbocycles. The van der Waals surface area contributed by atoms with E-state index >= 15 is 0 Å². The van der Waals surface area contributed by atoms with Gasteiger partial charge in [-0.15, -0.1) is 0 Å². The van der Waals surface area contributed by atoms with Crippen LogP contribution in [0.1, 0.15) is 200 Å². The molecule has 2 nitrogen and oxygen atoms in total. The summed E-state index contributed by atoms with van der Waals surface area (Å²) < 4.78 is 5.17. The Bertz CT molecular complexity index is 507. The van der Waals surface area contributed by atoms with E-state index in [2.05, 4.69) is 13.8 Å². The maximum absolute atomic E-state index is 11.8. The molecule has 0 fully saturated rings. The van der Waals surface area contributed by atoms with E-state index in [0.717, 1.165) is 12.8 Å². The minimum Gasteiger partial charge on any atom is -0.432 e. The van der Waals surface area contributed by atoms with Crippen LogP contribution in [0.2, 0.25) is 0 Å². The fraction of sp³-hybridized carbons (Fsp3) is 0.861. The monoisotopic (exact) mass is 533 g/mol. The van der Waals surface area contributed by atoms with Crippen molar-refractivity contribution in [3.8, 4) is 0 Å². The number of carbonyl (C=O) groups is 1. The van der Waals surface area contributed by atoms with Crippen molar-refractivity contribution in [3.63, 3.8) is 0 Å². The van der Waals surface area contributed by atoms with Gasteiger partial charge in [-0.05, 0) is 31.8 Å². The van der Waals surface area contributed by atoms with Gasteiger partial charge in [-0.1, -0.05) is 180 Å². The van der Waals surface area contributed by atoms with Crippen molar-refractivity contribution in [1.29, 1.82) is 0 Å². The van der Waals surface area contributed by atoms with Crippen LogP contribution in [0.5, 0.6) is 0 Å². The number of rotatable bonds is 31. The summed E-state index contributed by atoms with van der Waals surface area (Å²) in [4.78, 5) is 11.8. The van der Waals surface area contributed by atoms with E-state index in [1.807, 2.05) is 12.2 Å². The lowest BCUT2D eigenvalue weighted by Crippen LogP contribution is -1.93. The van der Waals surface area contributed by atoms with Gasteiger partial charge in [-0.3, -0.25) is 0 Å². The highest BCUT2D eigenvalue weighted by Crippen LogP contribution is 2.14. The molecule has 0 rings (SSSR count). The van der Waals surface area contributed by atoms with Crippen LogP contribution < -0.4 is 0 Å². The number of allylic oxidation sites excluding steroid dienone is 2. The molecular weight excluding hydrogens is 464 g/mol. The quantitative estimate of drug-likeness (QED) is 0.0384. The lowest BCUT2D eigenvalue weighted by molar-refractivity contribution is -0.132. The fourth-order valence-electron chi connectivity index (χ4n) is 5.14. The molecule has 0 aliphatic rings. The van der Waals surface area contributed by atoms with E-state index < -0.39 is 0 Å². The highest BCUT2D eigenvalue weighted by atomic mass is 16.5. The third kappa shape index (κ3) is 33.0. The van der Waals surface area contributed by atoms with Crippen LogP contribution in [0.25, 0.3) is 0 Å². The molecule has 0 bridgehead atoms. The number of carbonyl (C=O) groups excluding carboxylic acids is 1. The van der Waals surface area contributed by atoms with Crippen molar-refractivity contribution in [2.45, 2.75) is 200 Å². The standard InChI is InChI=1S/C36H68O2/c1-3-5-7-9-11-13-15-17-19-21-23-25-27-29-31-33-35-38-36(37)34-32-30-28-26-24-22-20-18-16-14-12-10-8-6-4-2/h32-35H,3-31H2,1-2H3/b34-32+,35-33+. The Morgan fingerprint density at radius 2 is 0.711 bits per heavy atom. The van der Waals surface area contributed by atoms with Crippen LogP contribution >= 0.6 is 0 Å². The van der Waals surface area contributed by atoms with Crippen LogP contribution in [0.3, 0.4) is 0 Å². The van der Waals surface area contributed by atoms with Gasteiger partial charge in [-0.25, -0.2) is 4.79 Å². The summed E-state index contributed by atoms with van der Waals surface area (Å²) in [6.07, 6.45) is 46.4. The van der Waals surface area contributed by atoms with Crippen molar-refractivity contribution in [3.05, 3.63) is 24.5 Å². The molecule has 0 saturated carbocycles. The Kier molecular flexibility index (Phi) is 33.0. The van der Waals surface area contributed by atoms with E-state index in [9.17, 15) is 4.79 Å². The number of hydrogen-bond acceptors (Lipinski definition) is 2. The van der Waals surface area contributed by atoms with Crippen LogP contribution in [0.4, 0.5) is 0 Å². The summed E-state index contributed by atoms with van der Waals surface area (Å²) >= 11 is 0. The molecule has 0 amide bonds. The summed E-state index contributed by atoms with van der Waals surface area (Å²) in [7, 11) is 0. The Morgan fingerprint density at radius 3 is 1.05 bits per heavy atom. The van der Waals surface area contributed by atoms with Crippen molar-refractivity contribution >= 4 is 5.97 Å². The molecule has 0 aromatic heterocycles. The van der Waals surface area contributed by atoms with Crippen molar-refractivity contribution < 1.29 is 9.53 Å². The zero-order valence-electron chi connectivity index (χ0n) is 26.1. The molecule has 0 aromatic rings. The Balaban J connectivity index is 3.28. The largest absolute Gasteiger partial charge is 0.432 e. The van der Waals surface area contributed by atoms with Gasteiger partial charge < -0.3 is 4.74 Å². The second-order valence-corrected chi connectivity index (χ2v) is 11.6. The van der Waals surface area contributed by atoms with Crippen LogP contribution in [0, 0.1) is 0 Å². The minimum absolute atomic E-state index is 0.239. The van der Waals surface area contributed by atoms with E-state index in [0.29, 0.717) is 0 Å². The summed E-state index contributed by atoms with van der Waals surface area (Å²) in [5.74, 6) is -0.239. The Labute approximate surface area is 239 Å². The smallest absolute Gasteiger partial charge is 0.335 e. The normalized spacial score (nSPS) is 11.7. The molecule has 0 aliphatic carbocycles. The number of hydrogen-bond donors (Lipinski definition) is 0. The second kappa shape index (κ2) is 34.0. The van der Waals surface area contributed by atoms with Gasteiger partial charge in [0.25, 0.3) is 0 Å². The summed E-state index contributed by atoms with van der Waals surface area (Å²) in [5.41, 5.74) is 0. The van der Waals surface area contributed by atoms with Gasteiger partial charge in [0.1, 0.15) is 0 Å². The molecule has 0 saturated heterocycles. The predicted molar refractivity (Wildman–Crippen MR) is 170 cm³/mol. The number of unbranched alkanes of at least 4 members (excludes halogenated alkanes) is 27. The minimum atomic E-state index is -0.239. The molecule has 0 unspecified atom stereocenters. The molecule has 38 heavy (non-hydrogen) atoms. The van der Waals surface area contributed by atoms with Gasteiger partial charge in [-0.2, -0.15) is 0 Å². The molecule has 0 spiro atoms. The lowest BCUT2D eigenvalue weighted by atomic mass is 10.0. The van der Waals surface area contributed by atoms with E-state index in [-0.39, 0.29) is 5.97 Å². The van der Waals surface area contributed by atoms with Gasteiger partial charge in [0.15, 0.2) is 0 Å². The summed E-state index contributed by atoms with van der Waals surface area (Å²) in [6.45, 7) is 4.57.